The molecule has 0 fully saturated rings. The Balaban J connectivity index is 1.97. The van der Waals surface area contributed by atoms with Crippen molar-refractivity contribution in [2.45, 2.75) is 40.0 Å². The molecular formula is C13H19N3O2. The van der Waals surface area contributed by atoms with E-state index in [1.165, 1.54) is 0 Å². The van der Waals surface area contributed by atoms with Crippen molar-refractivity contribution >= 4 is 0 Å². The highest BCUT2D eigenvalue weighted by Gasteiger charge is 2.08. The van der Waals surface area contributed by atoms with Crippen LogP contribution in [0.4, 0.5) is 0 Å². The van der Waals surface area contributed by atoms with Crippen LogP contribution < -0.4 is 10.5 Å². The number of nitrogens with zero attached hydrogens (tertiary/aromatic N) is 2. The van der Waals surface area contributed by atoms with Crippen LogP contribution in [-0.2, 0) is 13.2 Å². The summed E-state index contributed by atoms with van der Waals surface area (Å²) in [7, 11) is 0. The first-order valence-electron chi connectivity index (χ1n) is 6.05. The molecule has 0 aliphatic heterocycles. The predicted octanol–water partition coefficient (Wildman–Crippen LogP) is 2.40. The van der Waals surface area contributed by atoms with Crippen molar-refractivity contribution in [3.63, 3.8) is 0 Å². The molecule has 0 atom stereocenters. The summed E-state index contributed by atoms with van der Waals surface area (Å²) in [6.07, 6.45) is 3.59. The highest BCUT2D eigenvalue weighted by molar-refractivity contribution is 5.20. The van der Waals surface area contributed by atoms with Crippen LogP contribution in [0.15, 0.2) is 22.9 Å². The Hall–Kier alpha value is -1.75. The van der Waals surface area contributed by atoms with Crippen LogP contribution in [-0.4, -0.2) is 9.78 Å². The monoisotopic (exact) mass is 249 g/mol. The van der Waals surface area contributed by atoms with Gasteiger partial charge in [0.25, 0.3) is 0 Å². The zero-order chi connectivity index (χ0) is 13.1. The SMILES string of the molecule is Cc1cc(COc2cnn(C(C)C)c2)oc1CN. The smallest absolute Gasteiger partial charge is 0.157 e. The van der Waals surface area contributed by atoms with Crippen LogP contribution in [0.2, 0.25) is 0 Å². The van der Waals surface area contributed by atoms with Crippen molar-refractivity contribution in [2.24, 2.45) is 5.73 Å². The molecule has 0 saturated carbocycles. The Labute approximate surface area is 107 Å². The number of hydrogen-bond donors (Lipinski definition) is 1. The maximum Gasteiger partial charge on any atom is 0.157 e. The van der Waals surface area contributed by atoms with Gasteiger partial charge in [-0.3, -0.25) is 4.68 Å². The highest BCUT2D eigenvalue weighted by atomic mass is 16.5. The van der Waals surface area contributed by atoms with Crippen molar-refractivity contribution in [1.82, 2.24) is 9.78 Å². The van der Waals surface area contributed by atoms with E-state index < -0.39 is 0 Å². The van der Waals surface area contributed by atoms with Crippen LogP contribution in [0.1, 0.15) is 37.0 Å². The van der Waals surface area contributed by atoms with Crippen molar-refractivity contribution in [1.29, 1.82) is 0 Å². The first kappa shape index (κ1) is 12.7. The summed E-state index contributed by atoms with van der Waals surface area (Å²) >= 11 is 0. The number of aromatic nitrogens is 2. The fourth-order valence-corrected chi connectivity index (χ4v) is 1.70. The molecule has 5 nitrogen and oxygen atoms in total. The van der Waals surface area contributed by atoms with E-state index in [1.54, 1.807) is 6.20 Å². The standard InChI is InChI=1S/C13H19N3O2/c1-9(2)16-7-12(6-15-16)17-8-11-4-10(3)13(5-14)18-11/h4,6-7,9H,5,8,14H2,1-3H3. The molecule has 2 aromatic heterocycles. The van der Waals surface area contributed by atoms with Gasteiger partial charge in [-0.2, -0.15) is 5.10 Å². The molecule has 0 aliphatic rings. The summed E-state index contributed by atoms with van der Waals surface area (Å²) in [4.78, 5) is 0. The summed E-state index contributed by atoms with van der Waals surface area (Å²) in [5.41, 5.74) is 6.62. The number of rotatable bonds is 5. The quantitative estimate of drug-likeness (QED) is 0.883. The van der Waals surface area contributed by atoms with E-state index in [4.69, 9.17) is 14.9 Å². The van der Waals surface area contributed by atoms with E-state index >= 15 is 0 Å². The zero-order valence-corrected chi connectivity index (χ0v) is 11.0. The van der Waals surface area contributed by atoms with Crippen LogP contribution in [0.3, 0.4) is 0 Å². The molecule has 2 rings (SSSR count). The van der Waals surface area contributed by atoms with E-state index in [0.717, 1.165) is 22.8 Å². The topological polar surface area (TPSA) is 66.2 Å². The van der Waals surface area contributed by atoms with Gasteiger partial charge in [0.15, 0.2) is 5.75 Å². The van der Waals surface area contributed by atoms with Crippen molar-refractivity contribution in [3.8, 4) is 5.75 Å². The minimum absolute atomic E-state index is 0.331. The molecule has 0 aromatic carbocycles. The fourth-order valence-electron chi connectivity index (χ4n) is 1.70. The second-order valence-corrected chi connectivity index (χ2v) is 4.56. The Bertz CT molecular complexity index is 514. The summed E-state index contributed by atoms with van der Waals surface area (Å²) in [5.74, 6) is 2.34. The molecule has 0 bridgehead atoms. The van der Waals surface area contributed by atoms with E-state index in [-0.39, 0.29) is 0 Å². The minimum atomic E-state index is 0.331. The van der Waals surface area contributed by atoms with Crippen LogP contribution in [0.25, 0.3) is 0 Å². The summed E-state index contributed by atoms with van der Waals surface area (Å²) in [6.45, 7) is 6.92. The predicted molar refractivity (Wildman–Crippen MR) is 68.3 cm³/mol. The Kier molecular flexibility index (Phi) is 3.72. The van der Waals surface area contributed by atoms with Crippen molar-refractivity contribution < 1.29 is 9.15 Å². The normalized spacial score (nSPS) is 11.2. The largest absolute Gasteiger partial charge is 0.482 e. The first-order valence-corrected chi connectivity index (χ1v) is 6.05. The number of hydrogen-bond acceptors (Lipinski definition) is 4. The van der Waals surface area contributed by atoms with Gasteiger partial charge < -0.3 is 14.9 Å². The molecule has 18 heavy (non-hydrogen) atoms. The van der Waals surface area contributed by atoms with Gasteiger partial charge in [-0.15, -0.1) is 0 Å². The van der Waals surface area contributed by atoms with E-state index in [0.29, 0.717) is 19.2 Å². The Morgan fingerprint density at radius 1 is 1.50 bits per heavy atom. The summed E-state index contributed by atoms with van der Waals surface area (Å²) in [6, 6.07) is 2.28. The van der Waals surface area contributed by atoms with E-state index in [9.17, 15) is 0 Å². The molecule has 0 aliphatic carbocycles. The molecule has 2 aromatic rings. The lowest BCUT2D eigenvalue weighted by molar-refractivity contribution is 0.265. The number of nitrogens with two attached hydrogens (primary N) is 1. The molecule has 0 saturated heterocycles. The molecule has 0 amide bonds. The van der Waals surface area contributed by atoms with Gasteiger partial charge in [-0.1, -0.05) is 0 Å². The second-order valence-electron chi connectivity index (χ2n) is 4.56. The van der Waals surface area contributed by atoms with Gasteiger partial charge in [-0.25, -0.2) is 0 Å². The van der Waals surface area contributed by atoms with Gasteiger partial charge in [0.1, 0.15) is 18.1 Å². The van der Waals surface area contributed by atoms with Gasteiger partial charge in [0, 0.05) is 6.04 Å². The lowest BCUT2D eigenvalue weighted by Gasteiger charge is -2.03. The van der Waals surface area contributed by atoms with Gasteiger partial charge in [0.2, 0.25) is 0 Å². The number of furan rings is 1. The molecule has 5 heteroatoms. The average molecular weight is 249 g/mol. The maximum atomic E-state index is 5.62. The Morgan fingerprint density at radius 3 is 2.83 bits per heavy atom. The number of ether oxygens (including phenoxy) is 1. The molecule has 2 heterocycles. The molecule has 98 valence electrons. The molecule has 0 radical (unpaired) electrons. The van der Waals surface area contributed by atoms with E-state index in [2.05, 4.69) is 18.9 Å². The maximum absolute atomic E-state index is 5.62. The average Bonchev–Trinajstić information content (AvgIpc) is 2.92. The van der Waals surface area contributed by atoms with Crippen LogP contribution in [0, 0.1) is 6.92 Å². The van der Waals surface area contributed by atoms with Gasteiger partial charge >= 0.3 is 0 Å². The summed E-state index contributed by atoms with van der Waals surface area (Å²) < 4.78 is 13.0. The van der Waals surface area contributed by atoms with E-state index in [1.807, 2.05) is 23.9 Å². The zero-order valence-electron chi connectivity index (χ0n) is 11.0. The molecule has 0 unspecified atom stereocenters. The van der Waals surface area contributed by atoms with Gasteiger partial charge in [0.05, 0.1) is 18.9 Å². The van der Waals surface area contributed by atoms with Crippen molar-refractivity contribution in [3.05, 3.63) is 35.5 Å². The Morgan fingerprint density at radius 2 is 2.28 bits per heavy atom. The third-order valence-corrected chi connectivity index (χ3v) is 2.75. The second kappa shape index (κ2) is 5.27. The molecular weight excluding hydrogens is 230 g/mol. The lowest BCUT2D eigenvalue weighted by atomic mass is 10.3. The lowest BCUT2D eigenvalue weighted by Crippen LogP contribution is -2.00. The van der Waals surface area contributed by atoms with Crippen LogP contribution >= 0.6 is 0 Å². The summed E-state index contributed by atoms with van der Waals surface area (Å²) in [5, 5.41) is 4.21. The molecule has 2 N–H and O–H groups in total. The number of aryl methyl sites for hydroxylation is 1. The first-order chi connectivity index (χ1) is 8.60. The molecule has 0 spiro atoms. The minimum Gasteiger partial charge on any atom is -0.482 e. The fraction of sp³-hybridized carbons (Fsp3) is 0.462. The highest BCUT2D eigenvalue weighted by Crippen LogP contribution is 2.18. The van der Waals surface area contributed by atoms with Crippen LogP contribution in [0.5, 0.6) is 5.75 Å². The third kappa shape index (κ3) is 2.73. The van der Waals surface area contributed by atoms with Gasteiger partial charge in [-0.05, 0) is 32.4 Å². The van der Waals surface area contributed by atoms with Crippen molar-refractivity contribution in [2.75, 3.05) is 0 Å². The third-order valence-electron chi connectivity index (χ3n) is 2.75.